The van der Waals surface area contributed by atoms with Crippen LogP contribution in [0.25, 0.3) is 0 Å². The summed E-state index contributed by atoms with van der Waals surface area (Å²) >= 11 is 0. The molecule has 0 aliphatic rings. The molecular weight excluding hydrogens is 291 g/mol. The zero-order valence-electron chi connectivity index (χ0n) is 9.83. The van der Waals surface area contributed by atoms with Crippen molar-refractivity contribution in [1.82, 2.24) is 0 Å². The van der Waals surface area contributed by atoms with Gasteiger partial charge in [-0.15, -0.1) is 0 Å². The highest BCUT2D eigenvalue weighted by atomic mass is 36.0. The minimum absolute atomic E-state index is 1.32. The van der Waals surface area contributed by atoms with Crippen LogP contribution in [0.15, 0.2) is 66.7 Å². The molecule has 0 aromatic heterocycles. The second-order valence-corrected chi connectivity index (χ2v) is 6.86. The van der Waals surface area contributed by atoms with E-state index in [9.17, 15) is 0 Å². The SMILES string of the molecule is Cc1ccccc1.O=S(=O)(Cl)Cl.c1ccccc1. The van der Waals surface area contributed by atoms with E-state index < -0.39 is 8.26 Å². The molecule has 0 unspecified atom stereocenters. The van der Waals surface area contributed by atoms with Crippen LogP contribution < -0.4 is 0 Å². The molecule has 0 saturated heterocycles. The largest absolute Gasteiger partial charge is 0.317 e. The van der Waals surface area contributed by atoms with Crippen molar-refractivity contribution in [2.24, 2.45) is 0 Å². The summed E-state index contributed by atoms with van der Waals surface area (Å²) < 4.78 is 18.3. The van der Waals surface area contributed by atoms with Crippen LogP contribution in [0.3, 0.4) is 0 Å². The highest BCUT2D eigenvalue weighted by Crippen LogP contribution is 1.98. The van der Waals surface area contributed by atoms with Gasteiger partial charge in [0.2, 0.25) is 0 Å². The van der Waals surface area contributed by atoms with Gasteiger partial charge in [0.05, 0.1) is 0 Å². The molecular formula is C13H14Cl2O2S. The van der Waals surface area contributed by atoms with Gasteiger partial charge in [-0.05, 0) is 6.92 Å². The lowest BCUT2D eigenvalue weighted by Gasteiger charge is -1.82. The van der Waals surface area contributed by atoms with Crippen molar-refractivity contribution < 1.29 is 8.42 Å². The van der Waals surface area contributed by atoms with Gasteiger partial charge in [0.25, 0.3) is 0 Å². The Labute approximate surface area is 117 Å². The van der Waals surface area contributed by atoms with Gasteiger partial charge in [0, 0.05) is 21.4 Å². The molecule has 0 heterocycles. The van der Waals surface area contributed by atoms with E-state index in [0.29, 0.717) is 0 Å². The third-order valence-electron chi connectivity index (χ3n) is 1.61. The van der Waals surface area contributed by atoms with Crippen LogP contribution >= 0.6 is 21.4 Å². The monoisotopic (exact) mass is 304 g/mol. The predicted molar refractivity (Wildman–Crippen MR) is 78.2 cm³/mol. The molecule has 0 aliphatic carbocycles. The molecule has 0 N–H and O–H groups in total. The highest BCUT2D eigenvalue weighted by Gasteiger charge is 1.88. The summed E-state index contributed by atoms with van der Waals surface area (Å²) in [4.78, 5) is 0. The molecule has 0 fully saturated rings. The number of hydrogen-bond acceptors (Lipinski definition) is 2. The fraction of sp³-hybridized carbons (Fsp3) is 0.0769. The number of benzene rings is 2. The molecule has 2 aromatic rings. The van der Waals surface area contributed by atoms with E-state index in [0.717, 1.165) is 0 Å². The molecule has 0 radical (unpaired) electrons. The zero-order chi connectivity index (χ0) is 13.9. The topological polar surface area (TPSA) is 34.1 Å². The maximum absolute atomic E-state index is 9.16. The summed E-state index contributed by atoms with van der Waals surface area (Å²) in [6.45, 7) is 2.08. The van der Waals surface area contributed by atoms with E-state index in [1.54, 1.807) is 0 Å². The van der Waals surface area contributed by atoms with Gasteiger partial charge in [0.1, 0.15) is 0 Å². The molecule has 0 aliphatic heterocycles. The molecule has 2 rings (SSSR count). The molecule has 98 valence electrons. The Hall–Kier alpha value is -1.03. The fourth-order valence-electron chi connectivity index (χ4n) is 0.919. The number of rotatable bonds is 0. The van der Waals surface area contributed by atoms with E-state index >= 15 is 0 Å². The molecule has 0 amide bonds. The first-order valence-electron chi connectivity index (χ1n) is 5.05. The summed E-state index contributed by atoms with van der Waals surface area (Å²) in [6, 6.07) is 22.3. The van der Waals surface area contributed by atoms with E-state index in [-0.39, 0.29) is 0 Å². The Morgan fingerprint density at radius 3 is 1.11 bits per heavy atom. The van der Waals surface area contributed by atoms with Gasteiger partial charge >= 0.3 is 8.26 Å². The van der Waals surface area contributed by atoms with Gasteiger partial charge in [-0.2, -0.15) is 8.42 Å². The Bertz CT molecular complexity index is 464. The van der Waals surface area contributed by atoms with Gasteiger partial charge in [0.15, 0.2) is 0 Å². The molecule has 0 spiro atoms. The van der Waals surface area contributed by atoms with Crippen LogP contribution in [-0.4, -0.2) is 8.42 Å². The summed E-state index contributed by atoms with van der Waals surface area (Å²) in [7, 11) is 4.81. The Morgan fingerprint density at radius 2 is 0.944 bits per heavy atom. The Morgan fingerprint density at radius 1 is 0.722 bits per heavy atom. The third-order valence-corrected chi connectivity index (χ3v) is 1.61. The van der Waals surface area contributed by atoms with Crippen LogP contribution in [0.4, 0.5) is 0 Å². The van der Waals surface area contributed by atoms with Crippen molar-refractivity contribution in [3.8, 4) is 0 Å². The van der Waals surface area contributed by atoms with Crippen LogP contribution in [0.1, 0.15) is 5.56 Å². The van der Waals surface area contributed by atoms with Crippen LogP contribution in [-0.2, 0) is 8.26 Å². The lowest BCUT2D eigenvalue weighted by molar-refractivity contribution is 0.621. The van der Waals surface area contributed by atoms with Crippen molar-refractivity contribution in [1.29, 1.82) is 0 Å². The van der Waals surface area contributed by atoms with Crippen LogP contribution in [0.5, 0.6) is 0 Å². The second kappa shape index (κ2) is 9.95. The van der Waals surface area contributed by atoms with E-state index in [1.807, 2.05) is 54.6 Å². The zero-order valence-corrected chi connectivity index (χ0v) is 12.2. The first-order valence-corrected chi connectivity index (χ1v) is 8.19. The predicted octanol–water partition coefficient (Wildman–Crippen LogP) is 4.39. The molecule has 5 heteroatoms. The van der Waals surface area contributed by atoms with Crippen molar-refractivity contribution in [2.75, 3.05) is 0 Å². The van der Waals surface area contributed by atoms with Gasteiger partial charge in [-0.3, -0.25) is 0 Å². The third kappa shape index (κ3) is 17.4. The molecule has 2 aromatic carbocycles. The highest BCUT2D eigenvalue weighted by molar-refractivity contribution is 8.31. The molecule has 0 atom stereocenters. The molecule has 18 heavy (non-hydrogen) atoms. The number of halogens is 2. The van der Waals surface area contributed by atoms with Gasteiger partial charge in [-0.25, -0.2) is 0 Å². The molecule has 2 nitrogen and oxygen atoms in total. The second-order valence-electron chi connectivity index (χ2n) is 3.19. The van der Waals surface area contributed by atoms with Gasteiger partial charge in [-0.1, -0.05) is 72.3 Å². The lowest BCUT2D eigenvalue weighted by Crippen LogP contribution is -1.63. The number of hydrogen-bond donors (Lipinski definition) is 0. The lowest BCUT2D eigenvalue weighted by atomic mass is 10.2. The van der Waals surface area contributed by atoms with Crippen molar-refractivity contribution in [3.05, 3.63) is 72.3 Å². The first kappa shape index (κ1) is 17.0. The van der Waals surface area contributed by atoms with E-state index in [2.05, 4.69) is 40.4 Å². The normalized spacial score (nSPS) is 9.28. The van der Waals surface area contributed by atoms with Gasteiger partial charge < -0.3 is 0 Å². The summed E-state index contributed by atoms with van der Waals surface area (Å²) in [6.07, 6.45) is 0. The fourth-order valence-corrected chi connectivity index (χ4v) is 0.919. The van der Waals surface area contributed by atoms with Crippen molar-refractivity contribution >= 4 is 29.6 Å². The maximum Gasteiger partial charge on any atom is 0.317 e. The van der Waals surface area contributed by atoms with Crippen LogP contribution in [0, 0.1) is 6.92 Å². The van der Waals surface area contributed by atoms with E-state index in [4.69, 9.17) is 8.42 Å². The molecule has 0 saturated carbocycles. The summed E-state index contributed by atoms with van der Waals surface area (Å²) in [5.41, 5.74) is 1.32. The summed E-state index contributed by atoms with van der Waals surface area (Å²) in [5.74, 6) is 0. The minimum atomic E-state index is -3.72. The minimum Gasteiger partial charge on any atom is -0.195 e. The standard InChI is InChI=1S/C7H8.C6H6.Cl2O2S/c1-7-5-3-2-4-6-7;1-2-4-6-5-3-1;1-5(2,3)4/h2-6H,1H3;1-6H;. The quantitative estimate of drug-likeness (QED) is 0.676. The molecule has 0 bridgehead atoms. The van der Waals surface area contributed by atoms with Crippen molar-refractivity contribution in [3.63, 3.8) is 0 Å². The maximum atomic E-state index is 9.16. The average Bonchev–Trinajstić information content (AvgIpc) is 2.31. The smallest absolute Gasteiger partial charge is 0.195 e. The van der Waals surface area contributed by atoms with Crippen molar-refractivity contribution in [2.45, 2.75) is 6.92 Å². The average molecular weight is 305 g/mol. The van der Waals surface area contributed by atoms with Crippen LogP contribution in [0.2, 0.25) is 0 Å². The Balaban J connectivity index is 0.000000245. The Kier molecular flexibility index (Phi) is 9.38. The summed E-state index contributed by atoms with van der Waals surface area (Å²) in [5, 5.41) is 0. The first-order chi connectivity index (χ1) is 8.39. The number of aryl methyl sites for hydroxylation is 1. The van der Waals surface area contributed by atoms with E-state index in [1.165, 1.54) is 5.56 Å².